The standard InChI is InChI=1S/C10H12N4/c1-2-8-9(11)14-10(13-8)7-4-3-5-12-6-7/h3-6H,2,11H2,1H3,(H,13,14). The van der Waals surface area contributed by atoms with Crippen molar-refractivity contribution in [3.05, 3.63) is 30.2 Å². The third-order valence-corrected chi connectivity index (χ3v) is 2.10. The van der Waals surface area contributed by atoms with Gasteiger partial charge in [-0.2, -0.15) is 0 Å². The van der Waals surface area contributed by atoms with Gasteiger partial charge < -0.3 is 10.7 Å². The van der Waals surface area contributed by atoms with Gasteiger partial charge in [0.15, 0.2) is 0 Å². The van der Waals surface area contributed by atoms with Gasteiger partial charge in [-0.25, -0.2) is 4.98 Å². The average Bonchev–Trinajstić information content (AvgIpc) is 2.61. The number of aromatic nitrogens is 3. The van der Waals surface area contributed by atoms with E-state index < -0.39 is 0 Å². The Morgan fingerprint density at radius 2 is 2.36 bits per heavy atom. The molecule has 2 heterocycles. The zero-order valence-electron chi connectivity index (χ0n) is 7.99. The summed E-state index contributed by atoms with van der Waals surface area (Å²) in [5, 5.41) is 0. The molecule has 0 unspecified atom stereocenters. The lowest BCUT2D eigenvalue weighted by Crippen LogP contribution is -1.89. The minimum absolute atomic E-state index is 0.575. The topological polar surface area (TPSA) is 67.6 Å². The number of H-pyrrole nitrogens is 1. The van der Waals surface area contributed by atoms with Crippen LogP contribution in [0.1, 0.15) is 12.6 Å². The van der Waals surface area contributed by atoms with Crippen LogP contribution in [0.3, 0.4) is 0 Å². The third-order valence-electron chi connectivity index (χ3n) is 2.10. The highest BCUT2D eigenvalue weighted by Crippen LogP contribution is 2.18. The minimum atomic E-state index is 0.575. The van der Waals surface area contributed by atoms with Crippen LogP contribution < -0.4 is 5.73 Å². The number of aromatic amines is 1. The number of rotatable bonds is 2. The second kappa shape index (κ2) is 3.49. The van der Waals surface area contributed by atoms with E-state index in [4.69, 9.17) is 5.73 Å². The predicted octanol–water partition coefficient (Wildman–Crippen LogP) is 1.62. The van der Waals surface area contributed by atoms with Crippen LogP contribution in [0, 0.1) is 0 Å². The molecule has 2 rings (SSSR count). The van der Waals surface area contributed by atoms with Crippen LogP contribution in [0.15, 0.2) is 24.5 Å². The zero-order chi connectivity index (χ0) is 9.97. The van der Waals surface area contributed by atoms with Crippen molar-refractivity contribution in [1.29, 1.82) is 0 Å². The normalized spacial score (nSPS) is 10.4. The van der Waals surface area contributed by atoms with Crippen LogP contribution in [0.5, 0.6) is 0 Å². The number of anilines is 1. The molecule has 0 aromatic carbocycles. The van der Waals surface area contributed by atoms with Gasteiger partial charge in [0.1, 0.15) is 11.6 Å². The minimum Gasteiger partial charge on any atom is -0.382 e. The number of nitrogen functional groups attached to an aromatic ring is 1. The Labute approximate surface area is 82.2 Å². The van der Waals surface area contributed by atoms with E-state index >= 15 is 0 Å². The predicted molar refractivity (Wildman–Crippen MR) is 55.6 cm³/mol. The molecule has 0 saturated heterocycles. The number of nitrogens with one attached hydrogen (secondary N) is 1. The molecule has 2 aromatic heterocycles. The molecule has 14 heavy (non-hydrogen) atoms. The molecule has 0 aliphatic heterocycles. The van der Waals surface area contributed by atoms with E-state index in [-0.39, 0.29) is 0 Å². The number of hydrogen-bond acceptors (Lipinski definition) is 3. The summed E-state index contributed by atoms with van der Waals surface area (Å²) in [4.78, 5) is 11.4. The lowest BCUT2D eigenvalue weighted by Gasteiger charge is -1.93. The van der Waals surface area contributed by atoms with Crippen LogP contribution in [-0.4, -0.2) is 15.0 Å². The van der Waals surface area contributed by atoms with Crippen molar-refractivity contribution in [3.63, 3.8) is 0 Å². The van der Waals surface area contributed by atoms with Crippen molar-refractivity contribution in [2.24, 2.45) is 0 Å². The maximum atomic E-state index is 5.73. The molecule has 2 aromatic rings. The maximum absolute atomic E-state index is 5.73. The molecule has 3 N–H and O–H groups in total. The first-order valence-electron chi connectivity index (χ1n) is 4.56. The monoisotopic (exact) mass is 188 g/mol. The number of nitrogens with two attached hydrogens (primary N) is 1. The molecule has 0 spiro atoms. The van der Waals surface area contributed by atoms with Gasteiger partial charge in [-0.05, 0) is 18.6 Å². The van der Waals surface area contributed by atoms with Gasteiger partial charge >= 0.3 is 0 Å². The Kier molecular flexibility index (Phi) is 2.18. The molecule has 0 aliphatic rings. The Morgan fingerprint density at radius 1 is 1.50 bits per heavy atom. The van der Waals surface area contributed by atoms with E-state index in [0.717, 1.165) is 23.5 Å². The summed E-state index contributed by atoms with van der Waals surface area (Å²) < 4.78 is 0. The Morgan fingerprint density at radius 3 is 2.93 bits per heavy atom. The van der Waals surface area contributed by atoms with Crippen LogP contribution in [0.25, 0.3) is 11.4 Å². The molecular weight excluding hydrogens is 176 g/mol. The van der Waals surface area contributed by atoms with Gasteiger partial charge in [-0.3, -0.25) is 4.98 Å². The fraction of sp³-hybridized carbons (Fsp3) is 0.200. The number of hydrogen-bond donors (Lipinski definition) is 2. The van der Waals surface area contributed by atoms with Gasteiger partial charge in [0, 0.05) is 18.0 Å². The molecular formula is C10H12N4. The summed E-state index contributed by atoms with van der Waals surface area (Å²) in [6, 6.07) is 3.82. The fourth-order valence-corrected chi connectivity index (χ4v) is 1.33. The SMILES string of the molecule is CCc1[nH]c(-c2cccnc2)nc1N. The van der Waals surface area contributed by atoms with E-state index in [1.54, 1.807) is 12.4 Å². The average molecular weight is 188 g/mol. The van der Waals surface area contributed by atoms with Crippen molar-refractivity contribution in [2.45, 2.75) is 13.3 Å². The molecule has 4 nitrogen and oxygen atoms in total. The summed E-state index contributed by atoms with van der Waals surface area (Å²) in [5.41, 5.74) is 7.66. The summed E-state index contributed by atoms with van der Waals surface area (Å²) in [6.07, 6.45) is 4.35. The number of nitrogens with zero attached hydrogens (tertiary/aromatic N) is 2. The number of pyridine rings is 1. The van der Waals surface area contributed by atoms with Gasteiger partial charge in [0.25, 0.3) is 0 Å². The highest BCUT2D eigenvalue weighted by atomic mass is 15.0. The maximum Gasteiger partial charge on any atom is 0.145 e. The van der Waals surface area contributed by atoms with Crippen LogP contribution >= 0.6 is 0 Å². The fourth-order valence-electron chi connectivity index (χ4n) is 1.33. The lowest BCUT2D eigenvalue weighted by molar-refractivity contribution is 1.07. The van der Waals surface area contributed by atoms with E-state index in [1.165, 1.54) is 0 Å². The first-order chi connectivity index (χ1) is 6.81. The summed E-state index contributed by atoms with van der Waals surface area (Å²) in [5.74, 6) is 1.36. The van der Waals surface area contributed by atoms with E-state index in [9.17, 15) is 0 Å². The highest BCUT2D eigenvalue weighted by Gasteiger charge is 2.06. The molecule has 0 aliphatic carbocycles. The quantitative estimate of drug-likeness (QED) is 0.752. The first kappa shape index (κ1) is 8.74. The van der Waals surface area contributed by atoms with E-state index in [0.29, 0.717) is 5.82 Å². The van der Waals surface area contributed by atoms with Gasteiger partial charge in [0.05, 0.1) is 5.69 Å². The molecule has 0 bridgehead atoms. The van der Waals surface area contributed by atoms with Crippen molar-refractivity contribution in [2.75, 3.05) is 5.73 Å². The lowest BCUT2D eigenvalue weighted by atomic mass is 10.3. The number of imidazole rings is 1. The summed E-state index contributed by atoms with van der Waals surface area (Å²) >= 11 is 0. The van der Waals surface area contributed by atoms with Crippen molar-refractivity contribution < 1.29 is 0 Å². The van der Waals surface area contributed by atoms with Crippen LogP contribution in [0.2, 0.25) is 0 Å². The van der Waals surface area contributed by atoms with Gasteiger partial charge in [0.2, 0.25) is 0 Å². The molecule has 0 radical (unpaired) electrons. The molecule has 0 fully saturated rings. The zero-order valence-corrected chi connectivity index (χ0v) is 7.99. The van der Waals surface area contributed by atoms with Crippen molar-refractivity contribution in [1.82, 2.24) is 15.0 Å². The van der Waals surface area contributed by atoms with Crippen molar-refractivity contribution >= 4 is 5.82 Å². The number of aryl methyl sites for hydroxylation is 1. The molecule has 4 heteroatoms. The smallest absolute Gasteiger partial charge is 0.145 e. The second-order valence-electron chi connectivity index (χ2n) is 3.04. The largest absolute Gasteiger partial charge is 0.382 e. The van der Waals surface area contributed by atoms with E-state index in [1.807, 2.05) is 19.1 Å². The van der Waals surface area contributed by atoms with Crippen molar-refractivity contribution in [3.8, 4) is 11.4 Å². The summed E-state index contributed by atoms with van der Waals surface area (Å²) in [7, 11) is 0. The first-order valence-corrected chi connectivity index (χ1v) is 4.56. The van der Waals surface area contributed by atoms with Crippen LogP contribution in [-0.2, 0) is 6.42 Å². The van der Waals surface area contributed by atoms with Gasteiger partial charge in [-0.15, -0.1) is 0 Å². The Bertz CT molecular complexity index is 419. The molecule has 72 valence electrons. The molecule has 0 amide bonds. The molecule has 0 saturated carbocycles. The summed E-state index contributed by atoms with van der Waals surface area (Å²) in [6.45, 7) is 2.04. The third kappa shape index (κ3) is 1.46. The van der Waals surface area contributed by atoms with Crippen LogP contribution in [0.4, 0.5) is 5.82 Å². The Hall–Kier alpha value is -1.84. The second-order valence-corrected chi connectivity index (χ2v) is 3.04. The highest BCUT2D eigenvalue weighted by molar-refractivity contribution is 5.57. The van der Waals surface area contributed by atoms with E-state index in [2.05, 4.69) is 15.0 Å². The van der Waals surface area contributed by atoms with Gasteiger partial charge in [-0.1, -0.05) is 6.92 Å². The molecule has 0 atom stereocenters. The Balaban J connectivity index is 2.43.